The maximum Gasteiger partial charge on any atom is 0.252 e. The number of nitrogens with zero attached hydrogens (tertiary/aromatic N) is 1. The number of hydrogen-bond donors (Lipinski definition) is 2. The van der Waals surface area contributed by atoms with Crippen molar-refractivity contribution in [3.63, 3.8) is 0 Å². The highest BCUT2D eigenvalue weighted by Gasteiger charge is 2.02. The highest BCUT2D eigenvalue weighted by atomic mass is 16.1. The van der Waals surface area contributed by atoms with Gasteiger partial charge in [0.2, 0.25) is 5.95 Å². The summed E-state index contributed by atoms with van der Waals surface area (Å²) in [6.07, 6.45) is 0. The van der Waals surface area contributed by atoms with Crippen LogP contribution in [0.5, 0.6) is 0 Å². The first-order chi connectivity index (χ1) is 7.79. The first kappa shape index (κ1) is 10.4. The summed E-state index contributed by atoms with van der Waals surface area (Å²) in [4.78, 5) is 18.4. The molecule has 4 heteroatoms. The van der Waals surface area contributed by atoms with Crippen LogP contribution >= 0.6 is 0 Å². The molecule has 0 fully saturated rings. The lowest BCUT2D eigenvalue weighted by molar-refractivity contribution is 1.06. The van der Waals surface area contributed by atoms with Crippen LogP contribution in [0.2, 0.25) is 0 Å². The Balaban J connectivity index is 2.45. The average Bonchev–Trinajstić information content (AvgIpc) is 2.30. The number of rotatable bonds is 3. The SMILES string of the molecule is CCNc1nc(-c2ccccc2)cc(=O)[nH]1. The fourth-order valence-electron chi connectivity index (χ4n) is 1.47. The lowest BCUT2D eigenvalue weighted by atomic mass is 10.1. The minimum Gasteiger partial charge on any atom is -0.356 e. The van der Waals surface area contributed by atoms with E-state index in [1.165, 1.54) is 6.07 Å². The second-order valence-corrected chi connectivity index (χ2v) is 3.38. The number of nitrogens with one attached hydrogen (secondary N) is 2. The van der Waals surface area contributed by atoms with Crippen molar-refractivity contribution in [2.45, 2.75) is 6.92 Å². The van der Waals surface area contributed by atoms with Crippen molar-refractivity contribution in [1.29, 1.82) is 0 Å². The highest BCUT2D eigenvalue weighted by Crippen LogP contribution is 2.14. The van der Waals surface area contributed by atoms with Crippen LogP contribution in [0.15, 0.2) is 41.2 Å². The topological polar surface area (TPSA) is 57.8 Å². The Bertz CT molecular complexity index is 519. The first-order valence-electron chi connectivity index (χ1n) is 5.20. The van der Waals surface area contributed by atoms with Gasteiger partial charge < -0.3 is 5.32 Å². The van der Waals surface area contributed by atoms with E-state index in [9.17, 15) is 4.79 Å². The number of benzene rings is 1. The van der Waals surface area contributed by atoms with Gasteiger partial charge in [0, 0.05) is 18.2 Å². The summed E-state index contributed by atoms with van der Waals surface area (Å²) < 4.78 is 0. The number of aromatic amines is 1. The molecule has 0 aliphatic heterocycles. The lowest BCUT2D eigenvalue weighted by Gasteiger charge is -2.04. The molecule has 2 N–H and O–H groups in total. The maximum atomic E-state index is 11.4. The molecule has 0 amide bonds. The molecule has 82 valence electrons. The minimum atomic E-state index is -0.148. The summed E-state index contributed by atoms with van der Waals surface area (Å²) in [7, 11) is 0. The van der Waals surface area contributed by atoms with Gasteiger partial charge in [0.1, 0.15) is 0 Å². The zero-order valence-corrected chi connectivity index (χ0v) is 9.03. The number of anilines is 1. The molecule has 0 unspecified atom stereocenters. The van der Waals surface area contributed by atoms with E-state index in [4.69, 9.17) is 0 Å². The Morgan fingerprint density at radius 3 is 2.75 bits per heavy atom. The summed E-state index contributed by atoms with van der Waals surface area (Å²) >= 11 is 0. The molecule has 1 aromatic heterocycles. The molecule has 4 nitrogen and oxygen atoms in total. The van der Waals surface area contributed by atoms with Crippen LogP contribution in [-0.4, -0.2) is 16.5 Å². The van der Waals surface area contributed by atoms with Crippen LogP contribution in [0.25, 0.3) is 11.3 Å². The van der Waals surface area contributed by atoms with Gasteiger partial charge in [-0.1, -0.05) is 30.3 Å². The molecule has 0 aliphatic rings. The normalized spacial score (nSPS) is 10.1. The van der Waals surface area contributed by atoms with Crippen molar-refractivity contribution in [3.8, 4) is 11.3 Å². The summed E-state index contributed by atoms with van der Waals surface area (Å²) in [5, 5.41) is 2.99. The van der Waals surface area contributed by atoms with Crippen LogP contribution in [0, 0.1) is 0 Å². The molecule has 0 spiro atoms. The largest absolute Gasteiger partial charge is 0.356 e. The lowest BCUT2D eigenvalue weighted by Crippen LogP contribution is -2.12. The summed E-state index contributed by atoms with van der Waals surface area (Å²) in [6, 6.07) is 11.1. The van der Waals surface area contributed by atoms with E-state index in [0.29, 0.717) is 11.6 Å². The zero-order chi connectivity index (χ0) is 11.4. The first-order valence-corrected chi connectivity index (χ1v) is 5.20. The van der Waals surface area contributed by atoms with E-state index in [2.05, 4.69) is 15.3 Å². The van der Waals surface area contributed by atoms with Gasteiger partial charge in [0.25, 0.3) is 5.56 Å². The third-order valence-electron chi connectivity index (χ3n) is 2.16. The molecular weight excluding hydrogens is 202 g/mol. The van der Waals surface area contributed by atoms with E-state index in [-0.39, 0.29) is 5.56 Å². The predicted octanol–water partition coefficient (Wildman–Crippen LogP) is 1.87. The van der Waals surface area contributed by atoms with Gasteiger partial charge in [-0.2, -0.15) is 0 Å². The second-order valence-electron chi connectivity index (χ2n) is 3.38. The summed E-state index contributed by atoms with van der Waals surface area (Å²) in [6.45, 7) is 2.68. The molecule has 0 radical (unpaired) electrons. The third kappa shape index (κ3) is 2.28. The van der Waals surface area contributed by atoms with Crippen LogP contribution in [-0.2, 0) is 0 Å². The summed E-state index contributed by atoms with van der Waals surface area (Å²) in [5.41, 5.74) is 1.47. The van der Waals surface area contributed by atoms with E-state index < -0.39 is 0 Å². The second kappa shape index (κ2) is 4.61. The average molecular weight is 215 g/mol. The van der Waals surface area contributed by atoms with Crippen LogP contribution in [0.4, 0.5) is 5.95 Å². The van der Waals surface area contributed by atoms with E-state index in [0.717, 1.165) is 12.1 Å². The van der Waals surface area contributed by atoms with E-state index >= 15 is 0 Å². The van der Waals surface area contributed by atoms with Crippen LogP contribution in [0.3, 0.4) is 0 Å². The molecule has 1 heterocycles. The quantitative estimate of drug-likeness (QED) is 0.821. The number of hydrogen-bond acceptors (Lipinski definition) is 3. The fourth-order valence-corrected chi connectivity index (χ4v) is 1.47. The van der Waals surface area contributed by atoms with Gasteiger partial charge in [-0.3, -0.25) is 9.78 Å². The maximum absolute atomic E-state index is 11.4. The Morgan fingerprint density at radius 2 is 2.06 bits per heavy atom. The van der Waals surface area contributed by atoms with Crippen LogP contribution < -0.4 is 10.9 Å². The van der Waals surface area contributed by atoms with Gasteiger partial charge in [-0.25, -0.2) is 4.98 Å². The fraction of sp³-hybridized carbons (Fsp3) is 0.167. The van der Waals surface area contributed by atoms with Crippen molar-refractivity contribution in [2.75, 3.05) is 11.9 Å². The van der Waals surface area contributed by atoms with Gasteiger partial charge in [-0.15, -0.1) is 0 Å². The molecule has 0 atom stereocenters. The van der Waals surface area contributed by atoms with E-state index in [1.54, 1.807) is 0 Å². The standard InChI is InChI=1S/C12H13N3O/c1-2-13-12-14-10(8-11(16)15-12)9-6-4-3-5-7-9/h3-8H,2H2,1H3,(H2,13,14,15,16). The molecule has 2 rings (SSSR count). The Morgan fingerprint density at radius 1 is 1.31 bits per heavy atom. The van der Waals surface area contributed by atoms with Gasteiger partial charge in [-0.05, 0) is 6.92 Å². The van der Waals surface area contributed by atoms with Crippen molar-refractivity contribution in [3.05, 3.63) is 46.8 Å². The van der Waals surface area contributed by atoms with Crippen LogP contribution in [0.1, 0.15) is 6.92 Å². The highest BCUT2D eigenvalue weighted by molar-refractivity contribution is 5.59. The van der Waals surface area contributed by atoms with Crippen molar-refractivity contribution in [1.82, 2.24) is 9.97 Å². The molecule has 0 saturated heterocycles. The predicted molar refractivity (Wildman–Crippen MR) is 64.5 cm³/mol. The molecule has 1 aromatic carbocycles. The van der Waals surface area contributed by atoms with Gasteiger partial charge >= 0.3 is 0 Å². The smallest absolute Gasteiger partial charge is 0.252 e. The summed E-state index contributed by atoms with van der Waals surface area (Å²) in [5.74, 6) is 0.508. The van der Waals surface area contributed by atoms with Gasteiger partial charge in [0.05, 0.1) is 5.69 Å². The molecule has 0 aliphatic carbocycles. The van der Waals surface area contributed by atoms with Gasteiger partial charge in [0.15, 0.2) is 0 Å². The van der Waals surface area contributed by atoms with Crippen molar-refractivity contribution < 1.29 is 0 Å². The molecule has 0 saturated carbocycles. The number of aromatic nitrogens is 2. The Kier molecular flexibility index (Phi) is 3.00. The molecule has 0 bridgehead atoms. The molecule has 2 aromatic rings. The Hall–Kier alpha value is -2.10. The Labute approximate surface area is 93.4 Å². The molecule has 16 heavy (non-hydrogen) atoms. The third-order valence-corrected chi connectivity index (χ3v) is 2.16. The zero-order valence-electron chi connectivity index (χ0n) is 9.03. The minimum absolute atomic E-state index is 0.148. The van der Waals surface area contributed by atoms with Crippen molar-refractivity contribution >= 4 is 5.95 Å². The van der Waals surface area contributed by atoms with E-state index in [1.807, 2.05) is 37.3 Å². The monoisotopic (exact) mass is 215 g/mol. The molecular formula is C12H13N3O. The number of H-pyrrole nitrogens is 1. The van der Waals surface area contributed by atoms with Crippen molar-refractivity contribution in [2.24, 2.45) is 0 Å².